The maximum Gasteiger partial charge on any atom is 0.0797 e. The van der Waals surface area contributed by atoms with Gasteiger partial charge in [-0.2, -0.15) is 0 Å². The highest BCUT2D eigenvalue weighted by Gasteiger charge is 2.13. The fourth-order valence-corrected chi connectivity index (χ4v) is 2.81. The van der Waals surface area contributed by atoms with Crippen LogP contribution in [0.15, 0.2) is 5.51 Å². The third kappa shape index (κ3) is 3.54. The molecule has 0 spiro atoms. The second kappa shape index (κ2) is 6.33. The van der Waals surface area contributed by atoms with Crippen molar-refractivity contribution in [3.05, 3.63) is 16.1 Å². The maximum absolute atomic E-state index is 5.68. The van der Waals surface area contributed by atoms with Crippen LogP contribution in [0.4, 0.5) is 0 Å². The molecule has 1 saturated heterocycles. The number of thiazole rings is 1. The van der Waals surface area contributed by atoms with Crippen molar-refractivity contribution < 1.29 is 4.74 Å². The van der Waals surface area contributed by atoms with Crippen LogP contribution in [0, 0.1) is 12.8 Å². The average molecular weight is 240 g/mol. The van der Waals surface area contributed by atoms with Crippen molar-refractivity contribution in [2.24, 2.45) is 5.92 Å². The lowest BCUT2D eigenvalue weighted by molar-refractivity contribution is 0.125. The van der Waals surface area contributed by atoms with Gasteiger partial charge in [0, 0.05) is 17.9 Å². The van der Waals surface area contributed by atoms with Crippen LogP contribution in [-0.2, 0) is 11.2 Å². The first-order chi connectivity index (χ1) is 7.86. The Balaban J connectivity index is 1.53. The summed E-state index contributed by atoms with van der Waals surface area (Å²) in [7, 11) is 0. The zero-order chi connectivity index (χ0) is 11.2. The summed E-state index contributed by atoms with van der Waals surface area (Å²) < 4.78 is 5.68. The lowest BCUT2D eigenvalue weighted by Gasteiger charge is -2.08. The van der Waals surface area contributed by atoms with Gasteiger partial charge in [-0.25, -0.2) is 4.98 Å². The van der Waals surface area contributed by atoms with Gasteiger partial charge in [-0.1, -0.05) is 0 Å². The number of hydrogen-bond acceptors (Lipinski definition) is 4. The van der Waals surface area contributed by atoms with Gasteiger partial charge in [-0.15, -0.1) is 11.3 Å². The molecule has 1 fully saturated rings. The molecular weight excluding hydrogens is 220 g/mol. The lowest BCUT2D eigenvalue weighted by Crippen LogP contribution is -2.11. The minimum Gasteiger partial charge on any atom is -0.381 e. The number of rotatable bonds is 6. The highest BCUT2D eigenvalue weighted by molar-refractivity contribution is 7.09. The molecule has 3 nitrogen and oxygen atoms in total. The number of hydrogen-bond donors (Lipinski definition) is 1. The summed E-state index contributed by atoms with van der Waals surface area (Å²) in [6.45, 7) is 6.17. The van der Waals surface area contributed by atoms with E-state index in [-0.39, 0.29) is 0 Å². The topological polar surface area (TPSA) is 34.1 Å². The van der Waals surface area contributed by atoms with Gasteiger partial charge in [0.2, 0.25) is 0 Å². The van der Waals surface area contributed by atoms with E-state index < -0.39 is 0 Å². The smallest absolute Gasteiger partial charge is 0.0797 e. The predicted octanol–water partition coefficient (Wildman–Crippen LogP) is 2.01. The molecule has 1 aromatic heterocycles. The Morgan fingerprint density at radius 1 is 1.56 bits per heavy atom. The molecule has 1 aromatic rings. The largest absolute Gasteiger partial charge is 0.381 e. The third-order valence-corrected chi connectivity index (χ3v) is 4.15. The molecule has 2 heterocycles. The number of aromatic nitrogens is 1. The van der Waals surface area contributed by atoms with E-state index in [1.807, 2.05) is 5.51 Å². The fourth-order valence-electron chi connectivity index (χ4n) is 2.04. The van der Waals surface area contributed by atoms with Crippen LogP contribution in [0.3, 0.4) is 0 Å². The number of ether oxygens (including phenoxy) is 1. The first kappa shape index (κ1) is 12.0. The molecular formula is C12H20N2OS. The summed E-state index contributed by atoms with van der Waals surface area (Å²) in [6, 6.07) is 0. The van der Waals surface area contributed by atoms with Crippen molar-refractivity contribution in [2.45, 2.75) is 26.2 Å². The second-order valence-electron chi connectivity index (χ2n) is 4.37. The summed E-state index contributed by atoms with van der Waals surface area (Å²) in [5.74, 6) is 0.838. The summed E-state index contributed by atoms with van der Waals surface area (Å²) in [5, 5.41) is 3.38. The standard InChI is InChI=1S/C12H20N2OS/c1-10-12(16-9-14-10)4-7-15-6-3-11-2-5-13-8-11/h9,11,13H,2-8H2,1H3. The van der Waals surface area contributed by atoms with E-state index in [1.165, 1.54) is 30.8 Å². The minimum atomic E-state index is 0.836. The molecule has 0 saturated carbocycles. The van der Waals surface area contributed by atoms with E-state index in [9.17, 15) is 0 Å². The van der Waals surface area contributed by atoms with Crippen molar-refractivity contribution in [3.8, 4) is 0 Å². The summed E-state index contributed by atoms with van der Waals surface area (Å²) in [5.41, 5.74) is 3.07. The van der Waals surface area contributed by atoms with Gasteiger partial charge in [0.05, 0.1) is 17.8 Å². The zero-order valence-corrected chi connectivity index (χ0v) is 10.7. The van der Waals surface area contributed by atoms with E-state index in [4.69, 9.17) is 4.74 Å². The van der Waals surface area contributed by atoms with E-state index in [2.05, 4.69) is 17.2 Å². The van der Waals surface area contributed by atoms with Gasteiger partial charge in [-0.3, -0.25) is 0 Å². The fraction of sp³-hybridized carbons (Fsp3) is 0.750. The molecule has 0 radical (unpaired) electrons. The van der Waals surface area contributed by atoms with E-state index in [0.717, 1.165) is 31.2 Å². The number of aryl methyl sites for hydroxylation is 1. The van der Waals surface area contributed by atoms with Crippen LogP contribution >= 0.6 is 11.3 Å². The Bertz CT molecular complexity index is 308. The Kier molecular flexibility index (Phi) is 4.75. The van der Waals surface area contributed by atoms with E-state index >= 15 is 0 Å². The van der Waals surface area contributed by atoms with Crippen LogP contribution in [-0.4, -0.2) is 31.3 Å². The molecule has 90 valence electrons. The molecule has 0 bridgehead atoms. The molecule has 1 unspecified atom stereocenters. The van der Waals surface area contributed by atoms with Gasteiger partial charge in [0.15, 0.2) is 0 Å². The highest BCUT2D eigenvalue weighted by Crippen LogP contribution is 2.14. The zero-order valence-electron chi connectivity index (χ0n) is 9.87. The summed E-state index contributed by atoms with van der Waals surface area (Å²) in [6.07, 6.45) is 3.53. The van der Waals surface area contributed by atoms with Crippen molar-refractivity contribution in [3.63, 3.8) is 0 Å². The first-order valence-corrected chi connectivity index (χ1v) is 6.91. The van der Waals surface area contributed by atoms with Crippen LogP contribution < -0.4 is 5.32 Å². The first-order valence-electron chi connectivity index (χ1n) is 6.03. The van der Waals surface area contributed by atoms with E-state index in [1.54, 1.807) is 11.3 Å². The van der Waals surface area contributed by atoms with Crippen LogP contribution in [0.2, 0.25) is 0 Å². The Morgan fingerprint density at radius 2 is 2.50 bits per heavy atom. The highest BCUT2D eigenvalue weighted by atomic mass is 32.1. The molecule has 0 aliphatic carbocycles. The second-order valence-corrected chi connectivity index (χ2v) is 5.31. The molecule has 1 aliphatic rings. The molecule has 2 rings (SSSR count). The van der Waals surface area contributed by atoms with Crippen LogP contribution in [0.1, 0.15) is 23.4 Å². The molecule has 1 aliphatic heterocycles. The van der Waals surface area contributed by atoms with Crippen molar-refractivity contribution >= 4 is 11.3 Å². The number of nitrogens with zero attached hydrogens (tertiary/aromatic N) is 1. The van der Waals surface area contributed by atoms with Gasteiger partial charge >= 0.3 is 0 Å². The van der Waals surface area contributed by atoms with Gasteiger partial charge in [-0.05, 0) is 38.8 Å². The van der Waals surface area contributed by atoms with Crippen LogP contribution in [0.5, 0.6) is 0 Å². The summed E-state index contributed by atoms with van der Waals surface area (Å²) in [4.78, 5) is 5.60. The number of nitrogens with one attached hydrogen (secondary N) is 1. The van der Waals surface area contributed by atoms with Gasteiger partial charge < -0.3 is 10.1 Å². The molecule has 1 N–H and O–H groups in total. The Morgan fingerprint density at radius 3 is 3.19 bits per heavy atom. The molecule has 1 atom stereocenters. The molecule has 0 amide bonds. The van der Waals surface area contributed by atoms with Gasteiger partial charge in [0.25, 0.3) is 0 Å². The molecule has 0 aromatic carbocycles. The predicted molar refractivity (Wildman–Crippen MR) is 67.0 cm³/mol. The van der Waals surface area contributed by atoms with E-state index in [0.29, 0.717) is 0 Å². The van der Waals surface area contributed by atoms with Crippen molar-refractivity contribution in [1.29, 1.82) is 0 Å². The maximum atomic E-state index is 5.68. The SMILES string of the molecule is Cc1ncsc1CCOCCC1CCNC1. The Labute approximate surface area is 101 Å². The summed E-state index contributed by atoms with van der Waals surface area (Å²) >= 11 is 1.73. The Hall–Kier alpha value is -0.450. The lowest BCUT2D eigenvalue weighted by atomic mass is 10.1. The minimum absolute atomic E-state index is 0.836. The van der Waals surface area contributed by atoms with Crippen LogP contribution in [0.25, 0.3) is 0 Å². The molecule has 16 heavy (non-hydrogen) atoms. The van der Waals surface area contributed by atoms with Crippen molar-refractivity contribution in [2.75, 3.05) is 26.3 Å². The average Bonchev–Trinajstić information content (AvgIpc) is 2.90. The normalized spacial score (nSPS) is 20.4. The van der Waals surface area contributed by atoms with Crippen molar-refractivity contribution in [1.82, 2.24) is 10.3 Å². The quantitative estimate of drug-likeness (QED) is 0.772. The molecule has 4 heteroatoms. The van der Waals surface area contributed by atoms with Gasteiger partial charge in [0.1, 0.15) is 0 Å². The monoisotopic (exact) mass is 240 g/mol. The third-order valence-electron chi connectivity index (χ3n) is 3.15.